The fraction of sp³-hybridized carbons (Fsp3) is 0.333. The normalized spacial score (nSPS) is 19.5. The highest BCUT2D eigenvalue weighted by Gasteiger charge is 2.19. The number of phenolic OH excluding ortho intramolecular Hbond substituents is 1. The number of aromatic hydroxyl groups is 1. The van der Waals surface area contributed by atoms with E-state index in [4.69, 9.17) is 4.74 Å². The number of hydrogen-bond acceptors (Lipinski definition) is 3. The van der Waals surface area contributed by atoms with Gasteiger partial charge in [-0.2, -0.15) is 0 Å². The van der Waals surface area contributed by atoms with E-state index in [2.05, 4.69) is 29.6 Å². The quantitative estimate of drug-likeness (QED) is 0.886. The number of rotatable bonds is 5. The molecular weight excluding hydrogens is 262 g/mol. The van der Waals surface area contributed by atoms with E-state index in [1.807, 2.05) is 18.2 Å². The van der Waals surface area contributed by atoms with E-state index in [9.17, 15) is 5.11 Å². The predicted octanol–water partition coefficient (Wildman–Crippen LogP) is 3.11. The lowest BCUT2D eigenvalue weighted by Crippen LogP contribution is -2.28. The average Bonchev–Trinajstić information content (AvgIpc) is 3.04. The molecule has 0 saturated carbocycles. The Balaban J connectivity index is 1.78. The van der Waals surface area contributed by atoms with Gasteiger partial charge < -0.3 is 15.2 Å². The molecule has 1 aliphatic heterocycles. The molecule has 21 heavy (non-hydrogen) atoms. The van der Waals surface area contributed by atoms with E-state index < -0.39 is 0 Å². The van der Waals surface area contributed by atoms with Gasteiger partial charge in [0.05, 0.1) is 12.6 Å². The maximum atomic E-state index is 9.47. The van der Waals surface area contributed by atoms with Crippen molar-refractivity contribution in [1.29, 1.82) is 0 Å². The lowest BCUT2D eigenvalue weighted by molar-refractivity contribution is 0.185. The molecule has 2 unspecified atom stereocenters. The van der Waals surface area contributed by atoms with Gasteiger partial charge in [-0.3, -0.25) is 0 Å². The van der Waals surface area contributed by atoms with Crippen LogP contribution in [-0.2, 0) is 4.74 Å². The maximum Gasteiger partial charge on any atom is 0.115 e. The fourth-order valence-corrected chi connectivity index (χ4v) is 2.77. The first-order chi connectivity index (χ1) is 10.3. The molecule has 0 aliphatic carbocycles. The van der Waals surface area contributed by atoms with Crippen LogP contribution >= 0.6 is 0 Å². The molecule has 1 heterocycles. The molecule has 0 radical (unpaired) electrons. The number of benzene rings is 2. The van der Waals surface area contributed by atoms with Gasteiger partial charge in [0, 0.05) is 13.2 Å². The first-order valence-electron chi connectivity index (χ1n) is 7.48. The molecule has 2 N–H and O–H groups in total. The second-order valence-electron chi connectivity index (χ2n) is 5.57. The number of ether oxygens (including phenoxy) is 1. The van der Waals surface area contributed by atoms with E-state index in [0.717, 1.165) is 31.7 Å². The second kappa shape index (κ2) is 6.74. The summed E-state index contributed by atoms with van der Waals surface area (Å²) >= 11 is 0. The van der Waals surface area contributed by atoms with Crippen molar-refractivity contribution in [2.75, 3.05) is 19.8 Å². The molecule has 0 aromatic heterocycles. The summed E-state index contributed by atoms with van der Waals surface area (Å²) < 4.78 is 5.44. The van der Waals surface area contributed by atoms with Gasteiger partial charge in [0.1, 0.15) is 5.75 Å². The summed E-state index contributed by atoms with van der Waals surface area (Å²) in [5, 5.41) is 13.1. The van der Waals surface area contributed by atoms with E-state index in [-0.39, 0.29) is 6.04 Å². The van der Waals surface area contributed by atoms with E-state index in [1.165, 1.54) is 5.56 Å². The van der Waals surface area contributed by atoms with Gasteiger partial charge in [-0.25, -0.2) is 0 Å². The second-order valence-corrected chi connectivity index (χ2v) is 5.57. The summed E-state index contributed by atoms with van der Waals surface area (Å²) in [7, 11) is 0. The topological polar surface area (TPSA) is 41.5 Å². The van der Waals surface area contributed by atoms with Crippen LogP contribution in [0.1, 0.15) is 23.6 Å². The standard InChI is InChI=1S/C18H21NO2/c20-17-8-6-16(7-9-17)18(15-4-2-1-3-5-15)19-12-14-10-11-21-13-14/h1-9,14,18-20H,10-13H2. The Morgan fingerprint density at radius 3 is 2.43 bits per heavy atom. The monoisotopic (exact) mass is 283 g/mol. The molecule has 3 rings (SSSR count). The SMILES string of the molecule is Oc1ccc(C(NCC2CCOC2)c2ccccc2)cc1. The van der Waals surface area contributed by atoms with E-state index in [1.54, 1.807) is 12.1 Å². The molecule has 2 aromatic rings. The van der Waals surface area contributed by atoms with Crippen molar-refractivity contribution < 1.29 is 9.84 Å². The molecule has 3 nitrogen and oxygen atoms in total. The minimum atomic E-state index is 0.146. The zero-order valence-electron chi connectivity index (χ0n) is 12.0. The summed E-state index contributed by atoms with van der Waals surface area (Å²) in [6, 6.07) is 18.0. The number of nitrogens with one attached hydrogen (secondary N) is 1. The van der Waals surface area contributed by atoms with Gasteiger partial charge in [0.25, 0.3) is 0 Å². The van der Waals surface area contributed by atoms with Crippen LogP contribution < -0.4 is 5.32 Å². The van der Waals surface area contributed by atoms with Crippen LogP contribution in [0.3, 0.4) is 0 Å². The van der Waals surface area contributed by atoms with Gasteiger partial charge in [0.15, 0.2) is 0 Å². The van der Waals surface area contributed by atoms with Crippen molar-refractivity contribution in [1.82, 2.24) is 5.32 Å². The largest absolute Gasteiger partial charge is 0.508 e. The zero-order valence-corrected chi connectivity index (χ0v) is 12.0. The highest BCUT2D eigenvalue weighted by molar-refractivity contribution is 5.34. The summed E-state index contributed by atoms with van der Waals surface area (Å²) in [6.07, 6.45) is 1.13. The Morgan fingerprint density at radius 2 is 1.76 bits per heavy atom. The molecule has 1 saturated heterocycles. The van der Waals surface area contributed by atoms with Gasteiger partial charge in [-0.05, 0) is 35.6 Å². The molecule has 0 spiro atoms. The highest BCUT2D eigenvalue weighted by Crippen LogP contribution is 2.24. The van der Waals surface area contributed by atoms with E-state index in [0.29, 0.717) is 11.7 Å². The molecule has 3 heteroatoms. The third kappa shape index (κ3) is 3.63. The molecule has 1 aliphatic rings. The Morgan fingerprint density at radius 1 is 1.05 bits per heavy atom. The first kappa shape index (κ1) is 14.1. The summed E-state index contributed by atoms with van der Waals surface area (Å²) in [6.45, 7) is 2.67. The van der Waals surface area contributed by atoms with Gasteiger partial charge in [-0.15, -0.1) is 0 Å². The molecular formula is C18H21NO2. The zero-order chi connectivity index (χ0) is 14.5. The van der Waals surface area contributed by atoms with Crippen LogP contribution in [0.15, 0.2) is 54.6 Å². The van der Waals surface area contributed by atoms with Crippen molar-refractivity contribution in [3.8, 4) is 5.75 Å². The van der Waals surface area contributed by atoms with Gasteiger partial charge in [0.2, 0.25) is 0 Å². The highest BCUT2D eigenvalue weighted by atomic mass is 16.5. The molecule has 2 aromatic carbocycles. The summed E-state index contributed by atoms with van der Waals surface area (Å²) in [5.41, 5.74) is 2.40. The number of hydrogen-bond donors (Lipinski definition) is 2. The predicted molar refractivity (Wildman–Crippen MR) is 83.3 cm³/mol. The van der Waals surface area contributed by atoms with E-state index >= 15 is 0 Å². The smallest absolute Gasteiger partial charge is 0.115 e. The minimum absolute atomic E-state index is 0.146. The van der Waals surface area contributed by atoms with Gasteiger partial charge in [-0.1, -0.05) is 42.5 Å². The average molecular weight is 283 g/mol. The molecule has 0 bridgehead atoms. The first-order valence-corrected chi connectivity index (χ1v) is 7.48. The fourth-order valence-electron chi connectivity index (χ4n) is 2.77. The molecule has 0 amide bonds. The van der Waals surface area contributed by atoms with Crippen molar-refractivity contribution in [3.63, 3.8) is 0 Å². The molecule has 2 atom stereocenters. The Kier molecular flexibility index (Phi) is 4.53. The van der Waals surface area contributed by atoms with Crippen LogP contribution in [0.5, 0.6) is 5.75 Å². The summed E-state index contributed by atoms with van der Waals surface area (Å²) in [5.74, 6) is 0.892. The third-order valence-electron chi connectivity index (χ3n) is 3.99. The Hall–Kier alpha value is -1.84. The van der Waals surface area contributed by atoms with Crippen molar-refractivity contribution in [3.05, 3.63) is 65.7 Å². The Labute approximate surface area is 125 Å². The van der Waals surface area contributed by atoms with Gasteiger partial charge >= 0.3 is 0 Å². The van der Waals surface area contributed by atoms with Crippen LogP contribution in [0, 0.1) is 5.92 Å². The van der Waals surface area contributed by atoms with Crippen LogP contribution in [0.4, 0.5) is 0 Å². The number of phenols is 1. The lowest BCUT2D eigenvalue weighted by Gasteiger charge is -2.21. The van der Waals surface area contributed by atoms with Crippen molar-refractivity contribution in [2.24, 2.45) is 5.92 Å². The minimum Gasteiger partial charge on any atom is -0.508 e. The molecule has 110 valence electrons. The third-order valence-corrected chi connectivity index (χ3v) is 3.99. The van der Waals surface area contributed by atoms with Crippen LogP contribution in [0.2, 0.25) is 0 Å². The molecule has 1 fully saturated rings. The van der Waals surface area contributed by atoms with Crippen molar-refractivity contribution in [2.45, 2.75) is 12.5 Å². The summed E-state index contributed by atoms with van der Waals surface area (Å²) in [4.78, 5) is 0. The maximum absolute atomic E-state index is 9.47. The Bertz CT molecular complexity index is 547. The lowest BCUT2D eigenvalue weighted by atomic mass is 9.97. The van der Waals surface area contributed by atoms with Crippen molar-refractivity contribution >= 4 is 0 Å². The van der Waals surface area contributed by atoms with Crippen LogP contribution in [0.25, 0.3) is 0 Å². The van der Waals surface area contributed by atoms with Crippen LogP contribution in [-0.4, -0.2) is 24.9 Å².